The highest BCUT2D eigenvalue weighted by Gasteiger charge is 2.14. The molecule has 5 rings (SSSR count). The van der Waals surface area contributed by atoms with Crippen molar-refractivity contribution in [1.29, 1.82) is 0 Å². The van der Waals surface area contributed by atoms with Crippen molar-refractivity contribution in [2.75, 3.05) is 11.1 Å². The summed E-state index contributed by atoms with van der Waals surface area (Å²) in [6.45, 7) is 0. The molecule has 0 atom stereocenters. The molecule has 0 saturated carbocycles. The maximum atomic E-state index is 12.5. The van der Waals surface area contributed by atoms with Gasteiger partial charge >= 0.3 is 0 Å². The molecule has 3 aromatic heterocycles. The van der Waals surface area contributed by atoms with Crippen LogP contribution in [0.4, 0.5) is 5.13 Å². The molecule has 0 aliphatic carbocycles. The lowest BCUT2D eigenvalue weighted by Gasteiger charge is -2.04. The molecule has 164 valence electrons. The molecule has 0 radical (unpaired) electrons. The second kappa shape index (κ2) is 9.57. The lowest BCUT2D eigenvalue weighted by atomic mass is 10.3. The smallest absolute Gasteiger partial charge is 0.262 e. The Morgan fingerprint density at radius 2 is 1.82 bits per heavy atom. The van der Waals surface area contributed by atoms with Gasteiger partial charge in [0.25, 0.3) is 5.56 Å². The summed E-state index contributed by atoms with van der Waals surface area (Å²) in [4.78, 5) is 33.1. The Labute approximate surface area is 199 Å². The van der Waals surface area contributed by atoms with Crippen LogP contribution in [0.5, 0.6) is 0 Å². The predicted molar refractivity (Wildman–Crippen MR) is 129 cm³/mol. The molecule has 3 heterocycles. The zero-order valence-electron chi connectivity index (χ0n) is 16.8. The molecule has 0 aliphatic heterocycles. The highest BCUT2D eigenvalue weighted by Crippen LogP contribution is 2.31. The fourth-order valence-electron chi connectivity index (χ4n) is 2.90. The number of H-pyrrole nitrogens is 1. The molecular formula is C21H15N7O2S3. The largest absolute Gasteiger partial charge is 0.301 e. The third-order valence-corrected chi connectivity index (χ3v) is 7.13. The van der Waals surface area contributed by atoms with Gasteiger partial charge < -0.3 is 4.98 Å². The summed E-state index contributed by atoms with van der Waals surface area (Å²) in [5.74, 6) is -0.221. The summed E-state index contributed by atoms with van der Waals surface area (Å²) in [7, 11) is 0. The standard InChI is InChI=1S/C21H15N7O2S3/c29-16(23-20-26-27-21(33-20)32-14-9-5-2-6-10-14)12-31-19-24-17-15(18(30)25-19)11-22-28(17)13-7-3-1-4-8-13/h1-11H,12H2,(H,23,26,29)(H,24,25,30). The molecule has 0 saturated heterocycles. The minimum absolute atomic E-state index is 0.0503. The van der Waals surface area contributed by atoms with Crippen LogP contribution in [0.1, 0.15) is 0 Å². The van der Waals surface area contributed by atoms with Crippen LogP contribution in [0.3, 0.4) is 0 Å². The number of rotatable bonds is 7. The third kappa shape index (κ3) is 4.97. The Morgan fingerprint density at radius 3 is 2.61 bits per heavy atom. The minimum atomic E-state index is -0.309. The van der Waals surface area contributed by atoms with E-state index in [9.17, 15) is 9.59 Å². The number of hydrogen-bond donors (Lipinski definition) is 2. The first-order valence-corrected chi connectivity index (χ1v) is 12.3. The van der Waals surface area contributed by atoms with Crippen molar-refractivity contribution in [3.8, 4) is 5.69 Å². The summed E-state index contributed by atoms with van der Waals surface area (Å²) in [6.07, 6.45) is 1.48. The summed E-state index contributed by atoms with van der Waals surface area (Å²) in [5.41, 5.74) is 0.913. The van der Waals surface area contributed by atoms with Crippen LogP contribution in [0.2, 0.25) is 0 Å². The first-order valence-electron chi connectivity index (χ1n) is 9.68. The monoisotopic (exact) mass is 493 g/mol. The molecule has 0 spiro atoms. The van der Waals surface area contributed by atoms with E-state index in [1.54, 1.807) is 4.68 Å². The molecule has 9 nitrogen and oxygen atoms in total. The van der Waals surface area contributed by atoms with Crippen molar-refractivity contribution < 1.29 is 4.79 Å². The van der Waals surface area contributed by atoms with Crippen molar-refractivity contribution in [2.24, 2.45) is 0 Å². The zero-order valence-corrected chi connectivity index (χ0v) is 19.3. The van der Waals surface area contributed by atoms with E-state index in [0.717, 1.165) is 26.7 Å². The van der Waals surface area contributed by atoms with Gasteiger partial charge in [-0.3, -0.25) is 14.9 Å². The molecule has 1 amide bonds. The van der Waals surface area contributed by atoms with Crippen LogP contribution in [0, 0.1) is 0 Å². The van der Waals surface area contributed by atoms with Gasteiger partial charge in [-0.2, -0.15) is 5.10 Å². The van der Waals surface area contributed by atoms with E-state index in [-0.39, 0.29) is 17.2 Å². The van der Waals surface area contributed by atoms with E-state index < -0.39 is 0 Å². The van der Waals surface area contributed by atoms with Gasteiger partial charge in [0.15, 0.2) is 15.1 Å². The summed E-state index contributed by atoms with van der Waals surface area (Å²) in [5, 5.41) is 16.3. The van der Waals surface area contributed by atoms with Gasteiger partial charge in [0.1, 0.15) is 5.39 Å². The third-order valence-electron chi connectivity index (χ3n) is 4.36. The number of amides is 1. The van der Waals surface area contributed by atoms with Crippen LogP contribution in [0.25, 0.3) is 16.7 Å². The Hall–Kier alpha value is -3.48. The van der Waals surface area contributed by atoms with Crippen LogP contribution in [0.15, 0.2) is 86.0 Å². The number of aromatic amines is 1. The molecule has 0 fully saturated rings. The van der Waals surface area contributed by atoms with E-state index in [0.29, 0.717) is 21.3 Å². The Morgan fingerprint density at radius 1 is 1.06 bits per heavy atom. The van der Waals surface area contributed by atoms with E-state index in [4.69, 9.17) is 0 Å². The number of fused-ring (bicyclic) bond motifs is 1. The zero-order chi connectivity index (χ0) is 22.6. The normalized spacial score (nSPS) is 11.0. The molecule has 33 heavy (non-hydrogen) atoms. The number of hydrogen-bond acceptors (Lipinski definition) is 9. The van der Waals surface area contributed by atoms with Crippen LogP contribution in [-0.4, -0.2) is 41.6 Å². The van der Waals surface area contributed by atoms with Crippen LogP contribution in [-0.2, 0) is 4.79 Å². The first kappa shape index (κ1) is 21.4. The van der Waals surface area contributed by atoms with Crippen molar-refractivity contribution in [1.82, 2.24) is 29.9 Å². The number of nitrogens with zero attached hydrogens (tertiary/aromatic N) is 5. The molecule has 2 N–H and O–H groups in total. The first-order chi connectivity index (χ1) is 16.2. The number of nitrogens with one attached hydrogen (secondary N) is 2. The number of aromatic nitrogens is 6. The average molecular weight is 494 g/mol. The second-order valence-corrected chi connectivity index (χ2v) is 9.89. The van der Waals surface area contributed by atoms with Gasteiger partial charge in [-0.1, -0.05) is 71.3 Å². The lowest BCUT2D eigenvalue weighted by Crippen LogP contribution is -2.15. The van der Waals surface area contributed by atoms with E-state index in [2.05, 4.69) is 30.6 Å². The van der Waals surface area contributed by atoms with Crippen molar-refractivity contribution in [2.45, 2.75) is 14.4 Å². The molecule has 0 bridgehead atoms. The molecule has 0 unspecified atom stereocenters. The van der Waals surface area contributed by atoms with Crippen LogP contribution >= 0.6 is 34.9 Å². The van der Waals surface area contributed by atoms with E-state index >= 15 is 0 Å². The average Bonchev–Trinajstić information content (AvgIpc) is 3.46. The van der Waals surface area contributed by atoms with Crippen molar-refractivity contribution in [3.63, 3.8) is 0 Å². The molecule has 12 heteroatoms. The number of anilines is 1. The van der Waals surface area contributed by atoms with Crippen LogP contribution < -0.4 is 10.9 Å². The maximum Gasteiger partial charge on any atom is 0.262 e. The second-order valence-electron chi connectivity index (χ2n) is 6.63. The number of carbonyl (C=O) groups is 1. The molecule has 2 aromatic carbocycles. The van der Waals surface area contributed by atoms with Gasteiger partial charge in [0.2, 0.25) is 11.0 Å². The molecular weight excluding hydrogens is 478 g/mol. The Balaban J connectivity index is 1.25. The highest BCUT2D eigenvalue weighted by atomic mass is 32.2. The quantitative estimate of drug-likeness (QED) is 0.199. The van der Waals surface area contributed by atoms with Gasteiger partial charge in [-0.05, 0) is 24.3 Å². The number of thioether (sulfide) groups is 1. The van der Waals surface area contributed by atoms with Gasteiger partial charge in [-0.15, -0.1) is 10.2 Å². The van der Waals surface area contributed by atoms with E-state index in [1.165, 1.54) is 29.3 Å². The van der Waals surface area contributed by atoms with Crippen molar-refractivity contribution in [3.05, 3.63) is 77.2 Å². The Bertz CT molecular complexity index is 1470. The Kier molecular flexibility index (Phi) is 6.19. The maximum absolute atomic E-state index is 12.5. The topological polar surface area (TPSA) is 118 Å². The van der Waals surface area contributed by atoms with Gasteiger partial charge in [0.05, 0.1) is 17.6 Å². The summed E-state index contributed by atoms with van der Waals surface area (Å²) >= 11 is 3.90. The van der Waals surface area contributed by atoms with E-state index in [1.807, 2.05) is 60.7 Å². The number of para-hydroxylation sites is 1. The van der Waals surface area contributed by atoms with Gasteiger partial charge in [0, 0.05) is 4.90 Å². The lowest BCUT2D eigenvalue weighted by molar-refractivity contribution is -0.113. The highest BCUT2D eigenvalue weighted by molar-refractivity contribution is 8.01. The fourth-order valence-corrected chi connectivity index (χ4v) is 5.32. The summed E-state index contributed by atoms with van der Waals surface area (Å²) in [6, 6.07) is 19.2. The fraction of sp³-hybridized carbons (Fsp3) is 0.0476. The summed E-state index contributed by atoms with van der Waals surface area (Å²) < 4.78 is 2.33. The van der Waals surface area contributed by atoms with Crippen molar-refractivity contribution >= 4 is 56.9 Å². The minimum Gasteiger partial charge on any atom is -0.301 e. The number of carbonyl (C=O) groups excluding carboxylic acids is 1. The molecule has 0 aliphatic rings. The molecule has 5 aromatic rings. The van der Waals surface area contributed by atoms with Gasteiger partial charge in [-0.25, -0.2) is 9.67 Å². The number of benzene rings is 2. The predicted octanol–water partition coefficient (Wildman–Crippen LogP) is 3.84. The SMILES string of the molecule is O=C(CSc1nc2c(cnn2-c2ccccc2)c(=O)[nH]1)Nc1nnc(Sc2ccccc2)s1.